The maximum atomic E-state index is 12.4. The molecule has 5 nitrogen and oxygen atoms in total. The van der Waals surface area contributed by atoms with E-state index in [2.05, 4.69) is 5.32 Å². The van der Waals surface area contributed by atoms with Crippen LogP contribution in [0.1, 0.15) is 25.7 Å². The van der Waals surface area contributed by atoms with Crippen LogP contribution in [0.2, 0.25) is 0 Å². The molecule has 1 heterocycles. The van der Waals surface area contributed by atoms with Crippen molar-refractivity contribution in [3.8, 4) is 0 Å². The first kappa shape index (κ1) is 14.5. The second kappa shape index (κ2) is 5.77. The number of para-hydroxylation sites is 1. The lowest BCUT2D eigenvalue weighted by Gasteiger charge is -2.37. The molecule has 0 unspecified atom stereocenters. The van der Waals surface area contributed by atoms with Crippen molar-refractivity contribution in [1.29, 1.82) is 0 Å². The number of amides is 2. The topological polar surface area (TPSA) is 69.6 Å². The Balaban J connectivity index is 1.76. The molecule has 1 aliphatic carbocycles. The number of hydrogen-bond acceptors (Lipinski definition) is 3. The lowest BCUT2D eigenvalue weighted by atomic mass is 9.80. The smallest absolute Gasteiger partial charge is 0.322 e. The summed E-state index contributed by atoms with van der Waals surface area (Å²) in [7, 11) is -1.05. The first-order valence-electron chi connectivity index (χ1n) is 7.34. The van der Waals surface area contributed by atoms with Crippen molar-refractivity contribution in [3.05, 3.63) is 24.3 Å². The highest BCUT2D eigenvalue weighted by Crippen LogP contribution is 2.31. The van der Waals surface area contributed by atoms with Crippen LogP contribution in [-0.2, 0) is 10.8 Å². The number of hydrogen-bond donors (Lipinski definition) is 2. The molecule has 0 aromatic heterocycles. The number of anilines is 1. The molecule has 0 radical (unpaired) electrons. The van der Waals surface area contributed by atoms with E-state index in [9.17, 15) is 14.1 Å². The summed E-state index contributed by atoms with van der Waals surface area (Å²) in [5, 5.41) is 12.9. The Bertz CT molecular complexity index is 572. The van der Waals surface area contributed by atoms with Crippen LogP contribution in [0.25, 0.3) is 0 Å². The SMILES string of the molecule is O=C(NCC1(O)CCC1)N1CCC[S@](=O)c2ccccc21. The van der Waals surface area contributed by atoms with E-state index in [1.807, 2.05) is 24.3 Å². The Hall–Kier alpha value is -1.40. The predicted molar refractivity (Wildman–Crippen MR) is 81.9 cm³/mol. The molecule has 2 aliphatic rings. The normalized spacial score (nSPS) is 23.7. The van der Waals surface area contributed by atoms with Crippen LogP contribution in [0.4, 0.5) is 10.5 Å². The minimum Gasteiger partial charge on any atom is -0.388 e. The molecule has 21 heavy (non-hydrogen) atoms. The number of carbonyl (C=O) groups is 1. The van der Waals surface area contributed by atoms with E-state index >= 15 is 0 Å². The van der Waals surface area contributed by atoms with Crippen LogP contribution in [0.15, 0.2) is 29.2 Å². The molecular formula is C15H20N2O3S. The number of fused-ring (bicyclic) bond motifs is 1. The number of nitrogens with zero attached hydrogens (tertiary/aromatic N) is 1. The minimum absolute atomic E-state index is 0.221. The molecule has 1 saturated carbocycles. The summed E-state index contributed by atoms with van der Waals surface area (Å²) in [5.41, 5.74) is -0.0180. The average molecular weight is 308 g/mol. The van der Waals surface area contributed by atoms with Gasteiger partial charge in [-0.3, -0.25) is 9.11 Å². The molecular weight excluding hydrogens is 288 g/mol. The first-order chi connectivity index (χ1) is 10.1. The van der Waals surface area contributed by atoms with E-state index < -0.39 is 16.4 Å². The quantitative estimate of drug-likeness (QED) is 0.872. The summed E-state index contributed by atoms with van der Waals surface area (Å²) in [4.78, 5) is 14.8. The third-order valence-electron chi connectivity index (χ3n) is 4.21. The third kappa shape index (κ3) is 2.96. The Kier molecular flexibility index (Phi) is 3.99. The molecule has 0 bridgehead atoms. The summed E-state index contributed by atoms with van der Waals surface area (Å²) in [6, 6.07) is 7.12. The second-order valence-corrected chi connectivity index (χ2v) is 7.30. The molecule has 2 N–H and O–H groups in total. The van der Waals surface area contributed by atoms with Gasteiger partial charge >= 0.3 is 6.03 Å². The Labute approximate surface area is 126 Å². The van der Waals surface area contributed by atoms with Crippen LogP contribution in [0, 0.1) is 0 Å². The molecule has 1 aromatic carbocycles. The van der Waals surface area contributed by atoms with Gasteiger partial charge < -0.3 is 10.4 Å². The lowest BCUT2D eigenvalue weighted by molar-refractivity contribution is -0.0288. The lowest BCUT2D eigenvalue weighted by Crippen LogP contribution is -2.51. The standard InChI is InChI=1S/C15H20N2O3S/c18-14(16-11-15(19)7-3-8-15)17-9-4-10-21(20)13-6-2-1-5-12(13)17/h1-2,5-6,19H,3-4,7-11H2,(H,16,18)/t21-/m0/s1. The van der Waals surface area contributed by atoms with Crippen molar-refractivity contribution < 1.29 is 14.1 Å². The molecule has 114 valence electrons. The van der Waals surface area contributed by atoms with Gasteiger partial charge in [-0.25, -0.2) is 4.79 Å². The van der Waals surface area contributed by atoms with Gasteiger partial charge in [0, 0.05) is 18.8 Å². The van der Waals surface area contributed by atoms with Crippen molar-refractivity contribution in [2.45, 2.75) is 36.2 Å². The van der Waals surface area contributed by atoms with Gasteiger partial charge in [0.15, 0.2) is 0 Å². The predicted octanol–water partition coefficient (Wildman–Crippen LogP) is 1.63. The van der Waals surface area contributed by atoms with Crippen molar-refractivity contribution in [3.63, 3.8) is 0 Å². The summed E-state index contributed by atoms with van der Waals surface area (Å²) in [5.74, 6) is 0.574. The van der Waals surface area contributed by atoms with E-state index in [0.29, 0.717) is 29.3 Å². The number of urea groups is 1. The number of rotatable bonds is 2. The molecule has 1 fully saturated rings. The van der Waals surface area contributed by atoms with Crippen LogP contribution in [-0.4, -0.2) is 39.8 Å². The summed E-state index contributed by atoms with van der Waals surface area (Å²) < 4.78 is 12.2. The van der Waals surface area contributed by atoms with Crippen LogP contribution < -0.4 is 10.2 Å². The molecule has 0 spiro atoms. The second-order valence-electron chi connectivity index (χ2n) is 5.76. The Morgan fingerprint density at radius 2 is 2.10 bits per heavy atom. The Morgan fingerprint density at radius 1 is 1.33 bits per heavy atom. The van der Waals surface area contributed by atoms with Crippen LogP contribution >= 0.6 is 0 Å². The molecule has 1 aliphatic heterocycles. The van der Waals surface area contributed by atoms with Gasteiger partial charge in [-0.05, 0) is 37.8 Å². The van der Waals surface area contributed by atoms with Gasteiger partial charge in [-0.15, -0.1) is 0 Å². The number of aliphatic hydroxyl groups is 1. The molecule has 2 amide bonds. The maximum Gasteiger partial charge on any atom is 0.322 e. The Morgan fingerprint density at radius 3 is 2.81 bits per heavy atom. The maximum absolute atomic E-state index is 12.4. The van der Waals surface area contributed by atoms with E-state index in [-0.39, 0.29) is 12.6 Å². The van der Waals surface area contributed by atoms with Gasteiger partial charge in [-0.1, -0.05) is 12.1 Å². The molecule has 1 aromatic rings. The van der Waals surface area contributed by atoms with E-state index in [1.165, 1.54) is 0 Å². The molecule has 6 heteroatoms. The molecule has 1 atom stereocenters. The van der Waals surface area contributed by atoms with Gasteiger partial charge in [0.2, 0.25) is 0 Å². The largest absolute Gasteiger partial charge is 0.388 e. The summed E-state index contributed by atoms with van der Waals surface area (Å²) in [6.07, 6.45) is 3.21. The fraction of sp³-hybridized carbons (Fsp3) is 0.533. The van der Waals surface area contributed by atoms with Crippen molar-refractivity contribution in [1.82, 2.24) is 5.32 Å². The van der Waals surface area contributed by atoms with Gasteiger partial charge in [0.1, 0.15) is 0 Å². The van der Waals surface area contributed by atoms with Gasteiger partial charge in [0.05, 0.1) is 27.0 Å². The summed E-state index contributed by atoms with van der Waals surface area (Å²) in [6.45, 7) is 0.834. The zero-order valence-corrected chi connectivity index (χ0v) is 12.7. The van der Waals surface area contributed by atoms with Crippen molar-refractivity contribution >= 4 is 22.5 Å². The van der Waals surface area contributed by atoms with Crippen LogP contribution in [0.5, 0.6) is 0 Å². The van der Waals surface area contributed by atoms with E-state index in [4.69, 9.17) is 0 Å². The summed E-state index contributed by atoms with van der Waals surface area (Å²) >= 11 is 0. The number of carbonyl (C=O) groups excluding carboxylic acids is 1. The van der Waals surface area contributed by atoms with Crippen molar-refractivity contribution in [2.24, 2.45) is 0 Å². The minimum atomic E-state index is -1.05. The fourth-order valence-electron chi connectivity index (χ4n) is 2.77. The number of nitrogens with one attached hydrogen (secondary N) is 1. The molecule has 0 saturated heterocycles. The van der Waals surface area contributed by atoms with E-state index in [1.54, 1.807) is 4.90 Å². The zero-order valence-electron chi connectivity index (χ0n) is 11.9. The highest BCUT2D eigenvalue weighted by molar-refractivity contribution is 7.85. The van der Waals surface area contributed by atoms with E-state index in [0.717, 1.165) is 19.3 Å². The van der Waals surface area contributed by atoms with Gasteiger partial charge in [-0.2, -0.15) is 0 Å². The number of benzene rings is 1. The van der Waals surface area contributed by atoms with Crippen LogP contribution in [0.3, 0.4) is 0 Å². The monoisotopic (exact) mass is 308 g/mol. The third-order valence-corrected chi connectivity index (χ3v) is 5.71. The fourth-order valence-corrected chi connectivity index (χ4v) is 4.02. The molecule has 3 rings (SSSR count). The zero-order chi connectivity index (χ0) is 14.9. The average Bonchev–Trinajstić information content (AvgIpc) is 2.63. The highest BCUT2D eigenvalue weighted by Gasteiger charge is 2.35. The first-order valence-corrected chi connectivity index (χ1v) is 8.66. The van der Waals surface area contributed by atoms with Gasteiger partial charge in [0.25, 0.3) is 0 Å². The highest BCUT2D eigenvalue weighted by atomic mass is 32.2. The van der Waals surface area contributed by atoms with Crippen molar-refractivity contribution in [2.75, 3.05) is 23.7 Å².